The summed E-state index contributed by atoms with van der Waals surface area (Å²) in [5.41, 5.74) is 0.102. The molecule has 1 aliphatic heterocycles. The van der Waals surface area contributed by atoms with Crippen LogP contribution >= 0.6 is 0 Å². The Labute approximate surface area is 195 Å². The first kappa shape index (κ1) is 21.2. The Morgan fingerprint density at radius 2 is 1.73 bits per heavy atom. The van der Waals surface area contributed by atoms with Gasteiger partial charge in [-0.2, -0.15) is 0 Å². The third kappa shape index (κ3) is 3.40. The van der Waals surface area contributed by atoms with E-state index in [2.05, 4.69) is 10.2 Å². The number of carbonyl (C=O) groups excluding carboxylic acids is 1. The number of para-hydroxylation sites is 1. The van der Waals surface area contributed by atoms with Crippen molar-refractivity contribution < 1.29 is 9.90 Å². The largest absolute Gasteiger partial charge is 0.506 e. The lowest BCUT2D eigenvalue weighted by molar-refractivity contribution is -0.0587. The first-order chi connectivity index (χ1) is 15.9. The van der Waals surface area contributed by atoms with E-state index >= 15 is 0 Å². The van der Waals surface area contributed by atoms with Gasteiger partial charge in [0.1, 0.15) is 11.3 Å². The predicted molar refractivity (Wildman–Crippen MR) is 129 cm³/mol. The van der Waals surface area contributed by atoms with E-state index in [1.54, 1.807) is 10.6 Å². The Bertz CT molecular complexity index is 1130. The maximum absolute atomic E-state index is 13.3. The van der Waals surface area contributed by atoms with Crippen molar-refractivity contribution in [1.82, 2.24) is 14.8 Å². The number of hydrogen-bond donors (Lipinski definition) is 2. The number of pyridine rings is 1. The highest BCUT2D eigenvalue weighted by Gasteiger charge is 2.51. The maximum Gasteiger partial charge on any atom is 0.267 e. The summed E-state index contributed by atoms with van der Waals surface area (Å²) in [5, 5.41) is 14.5. The van der Waals surface area contributed by atoms with Gasteiger partial charge in [0.2, 0.25) is 0 Å². The van der Waals surface area contributed by atoms with Gasteiger partial charge in [0.05, 0.1) is 5.52 Å². The van der Waals surface area contributed by atoms with Gasteiger partial charge in [0, 0.05) is 36.6 Å². The Balaban J connectivity index is 1.22. The summed E-state index contributed by atoms with van der Waals surface area (Å²) in [7, 11) is 0. The van der Waals surface area contributed by atoms with Crippen molar-refractivity contribution >= 4 is 16.8 Å². The van der Waals surface area contributed by atoms with Gasteiger partial charge < -0.3 is 15.0 Å². The van der Waals surface area contributed by atoms with Crippen molar-refractivity contribution in [2.75, 3.05) is 13.1 Å². The topological polar surface area (TPSA) is 74.6 Å². The molecule has 4 aliphatic carbocycles. The fourth-order valence-electron chi connectivity index (χ4n) is 7.99. The molecule has 7 rings (SSSR count). The summed E-state index contributed by atoms with van der Waals surface area (Å²) in [6.07, 6.45) is 7.94. The summed E-state index contributed by atoms with van der Waals surface area (Å²) in [6.45, 7) is 5.71. The molecule has 33 heavy (non-hydrogen) atoms. The Kier molecular flexibility index (Phi) is 5.05. The molecule has 1 aromatic heterocycles. The van der Waals surface area contributed by atoms with E-state index in [-0.39, 0.29) is 23.4 Å². The van der Waals surface area contributed by atoms with Crippen LogP contribution in [0.15, 0.2) is 29.1 Å². The van der Waals surface area contributed by atoms with Gasteiger partial charge in [0.25, 0.3) is 11.5 Å². The van der Waals surface area contributed by atoms with Gasteiger partial charge in [-0.05, 0) is 88.2 Å². The lowest BCUT2D eigenvalue weighted by Gasteiger charge is -2.56. The number of nitrogens with zero attached hydrogens (tertiary/aromatic N) is 2. The van der Waals surface area contributed by atoms with E-state index in [0.717, 1.165) is 43.2 Å². The summed E-state index contributed by atoms with van der Waals surface area (Å²) in [4.78, 5) is 29.2. The molecule has 5 fully saturated rings. The van der Waals surface area contributed by atoms with Crippen molar-refractivity contribution in [3.8, 4) is 5.75 Å². The van der Waals surface area contributed by atoms with E-state index in [9.17, 15) is 14.7 Å². The number of hydrogen-bond acceptors (Lipinski definition) is 4. The van der Waals surface area contributed by atoms with Crippen molar-refractivity contribution in [2.24, 2.45) is 23.7 Å². The van der Waals surface area contributed by atoms with Crippen LogP contribution in [0.25, 0.3) is 10.9 Å². The van der Waals surface area contributed by atoms with Gasteiger partial charge in [-0.1, -0.05) is 12.1 Å². The monoisotopic (exact) mass is 449 g/mol. The second kappa shape index (κ2) is 7.86. The zero-order valence-electron chi connectivity index (χ0n) is 19.7. The fourth-order valence-corrected chi connectivity index (χ4v) is 7.99. The van der Waals surface area contributed by atoms with Crippen LogP contribution in [0.1, 0.15) is 68.8 Å². The molecule has 1 saturated heterocycles. The normalized spacial score (nSPS) is 33.3. The predicted octanol–water partition coefficient (Wildman–Crippen LogP) is 3.92. The number of benzene rings is 1. The molecule has 0 radical (unpaired) electrons. The molecule has 2 aromatic rings. The molecule has 2 heterocycles. The average molecular weight is 450 g/mol. The number of nitrogens with one attached hydrogen (secondary N) is 1. The minimum absolute atomic E-state index is 0.0208. The molecule has 2 N–H and O–H groups in total. The van der Waals surface area contributed by atoms with Crippen molar-refractivity contribution in [1.29, 1.82) is 0 Å². The number of rotatable bonds is 4. The molecule has 6 heteroatoms. The van der Waals surface area contributed by atoms with E-state index in [4.69, 9.17) is 0 Å². The molecular formula is C27H35N3O3. The third-order valence-electron chi connectivity index (χ3n) is 8.99. The van der Waals surface area contributed by atoms with Crippen LogP contribution in [0, 0.1) is 23.7 Å². The molecule has 5 aliphatic rings. The molecule has 0 spiro atoms. The second-order valence-corrected chi connectivity index (χ2v) is 11.4. The van der Waals surface area contributed by atoms with Crippen LogP contribution < -0.4 is 10.9 Å². The van der Waals surface area contributed by atoms with Crippen LogP contribution in [0.5, 0.6) is 5.75 Å². The van der Waals surface area contributed by atoms with Gasteiger partial charge in [-0.3, -0.25) is 14.5 Å². The van der Waals surface area contributed by atoms with E-state index in [1.165, 1.54) is 32.1 Å². The Hall–Kier alpha value is -2.34. The highest BCUT2D eigenvalue weighted by Crippen LogP contribution is 2.55. The molecule has 4 bridgehead atoms. The van der Waals surface area contributed by atoms with Crippen LogP contribution in [-0.2, 0) is 0 Å². The number of likely N-dealkylation sites (tertiary alicyclic amines) is 1. The van der Waals surface area contributed by atoms with Gasteiger partial charge >= 0.3 is 0 Å². The summed E-state index contributed by atoms with van der Waals surface area (Å²) in [6, 6.07) is 7.82. The zero-order valence-corrected chi connectivity index (χ0v) is 19.7. The number of fused-ring (bicyclic) bond motifs is 1. The van der Waals surface area contributed by atoms with Gasteiger partial charge in [-0.15, -0.1) is 0 Å². The molecule has 4 saturated carbocycles. The third-order valence-corrected chi connectivity index (χ3v) is 8.99. The quantitative estimate of drug-likeness (QED) is 0.742. The highest BCUT2D eigenvalue weighted by atomic mass is 16.3. The summed E-state index contributed by atoms with van der Waals surface area (Å²) in [5.74, 6) is 2.93. The van der Waals surface area contributed by atoms with E-state index in [0.29, 0.717) is 16.9 Å². The summed E-state index contributed by atoms with van der Waals surface area (Å²) < 4.78 is 1.61. The molecular weight excluding hydrogens is 414 g/mol. The van der Waals surface area contributed by atoms with Crippen molar-refractivity contribution in [3.63, 3.8) is 0 Å². The van der Waals surface area contributed by atoms with Gasteiger partial charge in [0.15, 0.2) is 0 Å². The van der Waals surface area contributed by atoms with Gasteiger partial charge in [-0.25, -0.2) is 0 Å². The molecule has 1 unspecified atom stereocenters. The zero-order chi connectivity index (χ0) is 22.9. The molecule has 6 nitrogen and oxygen atoms in total. The standard InChI is InChI=1S/C27H35N3O3/c1-15(2)30-22-6-4-3-5-21(22)25(31)23(27(30)33)26(32)28-20-7-8-29(14-20)24-18-10-16-9-17(12-18)13-19(24)11-16/h3-6,15-20,24,31H,7-14H2,1-2H3,(H,28,32). The van der Waals surface area contributed by atoms with Crippen LogP contribution in [-0.4, -0.2) is 45.7 Å². The second-order valence-electron chi connectivity index (χ2n) is 11.4. The van der Waals surface area contributed by atoms with E-state index in [1.807, 2.05) is 32.0 Å². The lowest BCUT2D eigenvalue weighted by Crippen LogP contribution is -2.55. The smallest absolute Gasteiger partial charge is 0.267 e. The molecule has 1 aromatic carbocycles. The SMILES string of the molecule is CC(C)n1c(=O)c(C(=O)NC2CCN(C3C4CC5CC(C4)CC3C5)C2)c(O)c2ccccc21. The highest BCUT2D eigenvalue weighted by molar-refractivity contribution is 6.02. The average Bonchev–Trinajstić information content (AvgIpc) is 3.20. The minimum Gasteiger partial charge on any atom is -0.506 e. The van der Waals surface area contributed by atoms with Crippen LogP contribution in [0.3, 0.4) is 0 Å². The summed E-state index contributed by atoms with van der Waals surface area (Å²) >= 11 is 0. The van der Waals surface area contributed by atoms with Crippen LogP contribution in [0.4, 0.5) is 0 Å². The Morgan fingerprint density at radius 3 is 2.39 bits per heavy atom. The number of amides is 1. The molecule has 1 amide bonds. The first-order valence-electron chi connectivity index (χ1n) is 12.8. The van der Waals surface area contributed by atoms with Crippen molar-refractivity contribution in [3.05, 3.63) is 40.2 Å². The van der Waals surface area contributed by atoms with Crippen LogP contribution in [0.2, 0.25) is 0 Å². The lowest BCUT2D eigenvalue weighted by atomic mass is 9.54. The Morgan fingerprint density at radius 1 is 1.06 bits per heavy atom. The number of carbonyl (C=O) groups is 1. The first-order valence-corrected chi connectivity index (χ1v) is 12.8. The minimum atomic E-state index is -0.449. The van der Waals surface area contributed by atoms with Crippen molar-refractivity contribution in [2.45, 2.75) is 70.5 Å². The fraction of sp³-hybridized carbons (Fsp3) is 0.630. The van der Waals surface area contributed by atoms with E-state index < -0.39 is 11.5 Å². The molecule has 176 valence electrons. The molecule has 1 atom stereocenters. The number of aromatic hydroxyl groups is 1. The maximum atomic E-state index is 13.3. The number of aromatic nitrogens is 1.